The molecule has 1 aliphatic carbocycles. The lowest BCUT2D eigenvalue weighted by molar-refractivity contribution is 0.708. The van der Waals surface area contributed by atoms with Gasteiger partial charge in [0, 0.05) is 17.7 Å². The third-order valence-corrected chi connectivity index (χ3v) is 4.46. The first kappa shape index (κ1) is 13.5. The van der Waals surface area contributed by atoms with E-state index in [1.54, 1.807) is 0 Å². The topological polar surface area (TPSA) is 28.7 Å². The zero-order valence-electron chi connectivity index (χ0n) is 11.9. The third-order valence-electron chi connectivity index (χ3n) is 4.13. The largest absolute Gasteiger partial charge is 0.347 e. The summed E-state index contributed by atoms with van der Waals surface area (Å²) >= 11 is 5.50. The van der Waals surface area contributed by atoms with Crippen molar-refractivity contribution < 1.29 is 0 Å². The third kappa shape index (κ3) is 2.83. The van der Waals surface area contributed by atoms with E-state index >= 15 is 0 Å². The fourth-order valence-electron chi connectivity index (χ4n) is 2.92. The molecule has 1 aromatic carbocycles. The molecule has 0 atom stereocenters. The van der Waals surface area contributed by atoms with E-state index in [1.807, 2.05) is 0 Å². The van der Waals surface area contributed by atoms with Gasteiger partial charge in [-0.1, -0.05) is 42.9 Å². The summed E-state index contributed by atoms with van der Waals surface area (Å²) in [7, 11) is 0. The molecule has 1 N–H and O–H groups in total. The number of nitrogens with one attached hydrogen (secondary N) is 1. The molecule has 2 nitrogen and oxygen atoms in total. The molecule has 0 saturated carbocycles. The molecule has 0 unspecified atom stereocenters. The van der Waals surface area contributed by atoms with Crippen LogP contribution in [0, 0.1) is 11.6 Å². The van der Waals surface area contributed by atoms with Crippen molar-refractivity contribution in [2.75, 3.05) is 0 Å². The molecule has 20 heavy (non-hydrogen) atoms. The highest BCUT2D eigenvalue weighted by molar-refractivity contribution is 7.71. The van der Waals surface area contributed by atoms with E-state index < -0.39 is 0 Å². The summed E-state index contributed by atoms with van der Waals surface area (Å²) < 4.78 is 0.809. The monoisotopic (exact) mass is 284 g/mol. The highest BCUT2D eigenvalue weighted by atomic mass is 32.1. The molecular weight excluding hydrogens is 264 g/mol. The van der Waals surface area contributed by atoms with Gasteiger partial charge in [-0.05, 0) is 43.7 Å². The van der Waals surface area contributed by atoms with E-state index in [9.17, 15) is 0 Å². The number of aryl methyl sites for hydroxylation is 2. The van der Waals surface area contributed by atoms with Crippen LogP contribution in [-0.4, -0.2) is 9.97 Å². The molecule has 0 radical (unpaired) electrons. The molecule has 3 heteroatoms. The normalized spacial score (nSPS) is 14.7. The minimum atomic E-state index is 0.809. The summed E-state index contributed by atoms with van der Waals surface area (Å²) in [6.45, 7) is 2.15. The van der Waals surface area contributed by atoms with Gasteiger partial charge in [0.1, 0.15) is 10.5 Å². The zero-order valence-corrected chi connectivity index (χ0v) is 12.7. The highest BCUT2D eigenvalue weighted by Crippen LogP contribution is 2.20. The van der Waals surface area contributed by atoms with Gasteiger partial charge in [0.05, 0.1) is 0 Å². The van der Waals surface area contributed by atoms with Gasteiger partial charge in [0.25, 0.3) is 0 Å². The van der Waals surface area contributed by atoms with Gasteiger partial charge in [-0.25, -0.2) is 4.98 Å². The van der Waals surface area contributed by atoms with Crippen molar-refractivity contribution in [2.45, 2.75) is 45.4 Å². The van der Waals surface area contributed by atoms with E-state index in [0.717, 1.165) is 29.7 Å². The molecule has 2 aromatic rings. The van der Waals surface area contributed by atoms with Crippen LogP contribution in [0.3, 0.4) is 0 Å². The molecule has 1 aromatic heterocycles. The van der Waals surface area contributed by atoms with Gasteiger partial charge < -0.3 is 4.98 Å². The number of hydrogen-bond donors (Lipinski definition) is 1. The Bertz CT molecular complexity index is 673. The quantitative estimate of drug-likeness (QED) is 0.657. The second kappa shape index (κ2) is 5.88. The lowest BCUT2D eigenvalue weighted by Gasteiger charge is -2.10. The van der Waals surface area contributed by atoms with Crippen LogP contribution in [0.25, 0.3) is 0 Å². The summed E-state index contributed by atoms with van der Waals surface area (Å²) in [6.07, 6.45) is 6.83. The van der Waals surface area contributed by atoms with Crippen LogP contribution in [-0.2, 0) is 19.3 Å². The van der Waals surface area contributed by atoms with Crippen LogP contribution in [0.4, 0.5) is 0 Å². The average Bonchev–Trinajstić information content (AvgIpc) is 2.67. The smallest absolute Gasteiger partial charge is 0.133 e. The van der Waals surface area contributed by atoms with E-state index in [4.69, 9.17) is 12.2 Å². The Morgan fingerprint density at radius 1 is 1.15 bits per heavy atom. The zero-order chi connectivity index (χ0) is 13.9. The summed E-state index contributed by atoms with van der Waals surface area (Å²) in [5.74, 6) is 1.00. The van der Waals surface area contributed by atoms with E-state index in [1.165, 1.54) is 41.6 Å². The van der Waals surface area contributed by atoms with Crippen LogP contribution >= 0.6 is 12.2 Å². The maximum atomic E-state index is 5.50. The Kier molecular flexibility index (Phi) is 3.97. The van der Waals surface area contributed by atoms with Crippen LogP contribution < -0.4 is 0 Å². The van der Waals surface area contributed by atoms with Crippen molar-refractivity contribution in [2.24, 2.45) is 0 Å². The maximum Gasteiger partial charge on any atom is 0.133 e. The second-order valence-corrected chi connectivity index (χ2v) is 6.00. The van der Waals surface area contributed by atoms with Crippen LogP contribution in [0.15, 0.2) is 24.3 Å². The Morgan fingerprint density at radius 3 is 2.80 bits per heavy atom. The predicted octanol–water partition coefficient (Wildman–Crippen LogP) is 4.31. The number of benzene rings is 1. The Labute approximate surface area is 125 Å². The summed E-state index contributed by atoms with van der Waals surface area (Å²) in [5, 5.41) is 0. The standard InChI is InChI=1S/C17H20N2S/c1-12-7-5-6-8-13(12)11-16-18-15-10-4-2-3-9-14(15)17(20)19-16/h5-8H,2-4,9-11H2,1H3,(H,18,19,20). The van der Waals surface area contributed by atoms with Crippen molar-refractivity contribution >= 4 is 12.2 Å². The van der Waals surface area contributed by atoms with Crippen LogP contribution in [0.1, 0.15) is 47.5 Å². The molecule has 1 aliphatic rings. The molecule has 3 rings (SSSR count). The Hall–Kier alpha value is -1.48. The Morgan fingerprint density at radius 2 is 1.95 bits per heavy atom. The Balaban J connectivity index is 1.95. The molecule has 0 amide bonds. The highest BCUT2D eigenvalue weighted by Gasteiger charge is 2.12. The number of fused-ring (bicyclic) bond motifs is 1. The van der Waals surface area contributed by atoms with Gasteiger partial charge in [0.2, 0.25) is 0 Å². The number of nitrogens with zero attached hydrogens (tertiary/aromatic N) is 1. The fourth-order valence-corrected chi connectivity index (χ4v) is 3.26. The summed E-state index contributed by atoms with van der Waals surface area (Å²) in [4.78, 5) is 8.17. The number of aromatic nitrogens is 2. The number of H-pyrrole nitrogens is 1. The van der Waals surface area contributed by atoms with Crippen LogP contribution in [0.2, 0.25) is 0 Å². The van der Waals surface area contributed by atoms with Crippen molar-refractivity contribution in [1.29, 1.82) is 0 Å². The lowest BCUT2D eigenvalue weighted by atomic mass is 10.1. The first-order chi connectivity index (χ1) is 9.74. The average molecular weight is 284 g/mol. The molecule has 0 bridgehead atoms. The molecule has 0 spiro atoms. The number of rotatable bonds is 2. The van der Waals surface area contributed by atoms with E-state index in [2.05, 4.69) is 41.2 Å². The fraction of sp³-hybridized carbons (Fsp3) is 0.412. The molecule has 1 heterocycles. The predicted molar refractivity (Wildman–Crippen MR) is 84.7 cm³/mol. The van der Waals surface area contributed by atoms with E-state index in [-0.39, 0.29) is 0 Å². The summed E-state index contributed by atoms with van der Waals surface area (Å²) in [5.41, 5.74) is 5.24. The van der Waals surface area contributed by atoms with E-state index in [0.29, 0.717) is 0 Å². The van der Waals surface area contributed by atoms with Crippen molar-refractivity contribution in [3.63, 3.8) is 0 Å². The number of aromatic amines is 1. The van der Waals surface area contributed by atoms with Crippen molar-refractivity contribution in [3.05, 3.63) is 57.1 Å². The molecule has 0 aliphatic heterocycles. The first-order valence-corrected chi connectivity index (χ1v) is 7.80. The second-order valence-electron chi connectivity index (χ2n) is 5.61. The SMILES string of the molecule is Cc1ccccc1Cc1nc(=S)c2c([nH]1)CCCCC2. The van der Waals surface area contributed by atoms with Gasteiger partial charge in [-0.3, -0.25) is 0 Å². The number of hydrogen-bond acceptors (Lipinski definition) is 2. The van der Waals surface area contributed by atoms with Crippen molar-refractivity contribution in [1.82, 2.24) is 9.97 Å². The minimum absolute atomic E-state index is 0.809. The van der Waals surface area contributed by atoms with Gasteiger partial charge in [-0.2, -0.15) is 0 Å². The maximum absolute atomic E-state index is 5.50. The van der Waals surface area contributed by atoms with Crippen molar-refractivity contribution in [3.8, 4) is 0 Å². The molecular formula is C17H20N2S. The lowest BCUT2D eigenvalue weighted by Crippen LogP contribution is -2.06. The molecule has 0 saturated heterocycles. The van der Waals surface area contributed by atoms with Gasteiger partial charge in [-0.15, -0.1) is 0 Å². The molecule has 0 fully saturated rings. The van der Waals surface area contributed by atoms with Crippen LogP contribution in [0.5, 0.6) is 0 Å². The minimum Gasteiger partial charge on any atom is -0.347 e. The first-order valence-electron chi connectivity index (χ1n) is 7.39. The molecule has 104 valence electrons. The van der Waals surface area contributed by atoms with Gasteiger partial charge >= 0.3 is 0 Å². The summed E-state index contributed by atoms with van der Waals surface area (Å²) in [6, 6.07) is 8.47. The van der Waals surface area contributed by atoms with Gasteiger partial charge in [0.15, 0.2) is 0 Å².